The largest absolute Gasteiger partial charge is 0.310 e. The summed E-state index contributed by atoms with van der Waals surface area (Å²) in [4.78, 5) is 0. The van der Waals surface area contributed by atoms with Crippen molar-refractivity contribution >= 4 is 61.8 Å². The van der Waals surface area contributed by atoms with Crippen LogP contribution in [0.2, 0.25) is 0 Å². The number of benzene rings is 8. The number of rotatable bonds is 4. The van der Waals surface area contributed by atoms with Gasteiger partial charge < -0.3 is 9.13 Å². The maximum atomic E-state index is 2.47. The third kappa shape index (κ3) is 4.19. The summed E-state index contributed by atoms with van der Waals surface area (Å²) < 4.78 is 4.89. The minimum atomic E-state index is 1.16. The summed E-state index contributed by atoms with van der Waals surface area (Å²) in [6.45, 7) is 0. The normalized spacial score (nSPS) is 12.1. The topological polar surface area (TPSA) is 9.86 Å². The molecule has 3 heterocycles. The molecular formula is C48H30BN2. The monoisotopic (exact) mass is 645 g/mol. The Morgan fingerprint density at radius 3 is 1.84 bits per heavy atom. The lowest BCUT2D eigenvalue weighted by molar-refractivity contribution is 1.18. The number of hydrogen-bond donors (Lipinski definition) is 0. The van der Waals surface area contributed by atoms with Gasteiger partial charge in [0.2, 0.25) is 0 Å². The fourth-order valence-corrected chi connectivity index (χ4v) is 8.53. The molecule has 0 fully saturated rings. The zero-order valence-electron chi connectivity index (χ0n) is 27.8. The Morgan fingerprint density at radius 2 is 1.00 bits per heavy atom. The van der Waals surface area contributed by atoms with Crippen molar-refractivity contribution in [2.45, 2.75) is 0 Å². The first kappa shape index (κ1) is 28.3. The summed E-state index contributed by atoms with van der Waals surface area (Å²) >= 11 is 0. The summed E-state index contributed by atoms with van der Waals surface area (Å²) in [5.74, 6) is 0. The van der Waals surface area contributed by atoms with Crippen LogP contribution >= 0.6 is 0 Å². The zero-order chi connectivity index (χ0) is 33.5. The van der Waals surface area contributed by atoms with E-state index in [0.717, 1.165) is 5.69 Å². The van der Waals surface area contributed by atoms with Gasteiger partial charge in [-0.2, -0.15) is 0 Å². The summed E-state index contributed by atoms with van der Waals surface area (Å²) in [5.41, 5.74) is 17.2. The van der Waals surface area contributed by atoms with Gasteiger partial charge in [0, 0.05) is 38.4 Å². The molecule has 2 nitrogen and oxygen atoms in total. The Hall–Kier alpha value is -6.58. The fraction of sp³-hybridized carbons (Fsp3) is 0. The number of nitrogens with zero attached hydrogens (tertiary/aromatic N) is 2. The highest BCUT2D eigenvalue weighted by Gasteiger charge is 2.28. The van der Waals surface area contributed by atoms with Crippen LogP contribution in [0.15, 0.2) is 182 Å². The molecule has 8 aromatic carbocycles. The van der Waals surface area contributed by atoms with Crippen LogP contribution in [0.5, 0.6) is 0 Å². The van der Waals surface area contributed by atoms with Gasteiger partial charge in [0.15, 0.2) is 7.28 Å². The number of para-hydroxylation sites is 3. The average Bonchev–Trinajstić information content (AvgIpc) is 3.86. The molecule has 10 aromatic rings. The second-order valence-corrected chi connectivity index (χ2v) is 13.5. The smallest absolute Gasteiger partial charge is 0.195 e. The predicted octanol–water partition coefficient (Wildman–Crippen LogP) is 10.9. The van der Waals surface area contributed by atoms with E-state index in [-0.39, 0.29) is 0 Å². The van der Waals surface area contributed by atoms with Gasteiger partial charge in [-0.15, -0.1) is 0 Å². The van der Waals surface area contributed by atoms with E-state index in [1.165, 1.54) is 93.6 Å². The number of hydrogen-bond acceptors (Lipinski definition) is 0. The Morgan fingerprint density at radius 1 is 0.353 bits per heavy atom. The van der Waals surface area contributed by atoms with E-state index in [4.69, 9.17) is 0 Å². The molecule has 51 heavy (non-hydrogen) atoms. The lowest BCUT2D eigenvalue weighted by atomic mass is 9.67. The van der Waals surface area contributed by atoms with Crippen molar-refractivity contribution in [1.82, 2.24) is 9.13 Å². The molecule has 0 N–H and O–H groups in total. The van der Waals surface area contributed by atoms with E-state index < -0.39 is 0 Å². The Balaban J connectivity index is 1.21. The summed E-state index contributed by atoms with van der Waals surface area (Å²) in [5, 5.41) is 5.05. The SMILES string of the molecule is [B]1c2ccccc2-c2cc(-c3ccc4c(c3)c3ccccc3n4-c3cccc(-c4ccccc4)c3)c3c4ccccc4n(-c4ccccc4)c3c21. The molecule has 11 rings (SSSR count). The van der Waals surface area contributed by atoms with Crippen LogP contribution in [-0.4, -0.2) is 16.4 Å². The van der Waals surface area contributed by atoms with Crippen LogP contribution in [0.25, 0.3) is 88.4 Å². The van der Waals surface area contributed by atoms with Crippen molar-refractivity contribution in [2.24, 2.45) is 0 Å². The highest BCUT2D eigenvalue weighted by atomic mass is 15.0. The zero-order valence-corrected chi connectivity index (χ0v) is 27.8. The van der Waals surface area contributed by atoms with Gasteiger partial charge in [-0.25, -0.2) is 0 Å². The van der Waals surface area contributed by atoms with E-state index in [2.05, 4.69) is 198 Å². The number of aromatic nitrogens is 2. The third-order valence-electron chi connectivity index (χ3n) is 10.7. The van der Waals surface area contributed by atoms with E-state index in [0.29, 0.717) is 0 Å². The molecule has 1 radical (unpaired) electrons. The van der Waals surface area contributed by atoms with Gasteiger partial charge in [-0.3, -0.25) is 0 Å². The second kappa shape index (κ2) is 11.0. The second-order valence-electron chi connectivity index (χ2n) is 13.5. The third-order valence-corrected chi connectivity index (χ3v) is 10.7. The van der Waals surface area contributed by atoms with Crippen molar-refractivity contribution in [1.29, 1.82) is 0 Å². The van der Waals surface area contributed by atoms with Crippen LogP contribution in [0, 0.1) is 0 Å². The average molecular weight is 646 g/mol. The summed E-state index contributed by atoms with van der Waals surface area (Å²) in [6.07, 6.45) is 0. The first-order valence-corrected chi connectivity index (χ1v) is 17.6. The summed E-state index contributed by atoms with van der Waals surface area (Å²) in [6, 6.07) is 66.4. The van der Waals surface area contributed by atoms with Crippen molar-refractivity contribution in [2.75, 3.05) is 0 Å². The Labute approximate surface area is 296 Å². The van der Waals surface area contributed by atoms with Crippen molar-refractivity contribution in [3.05, 3.63) is 182 Å². The highest BCUT2D eigenvalue weighted by Crippen LogP contribution is 2.43. The number of fused-ring (bicyclic) bond motifs is 10. The maximum absolute atomic E-state index is 2.47. The Bertz CT molecular complexity index is 2990. The van der Waals surface area contributed by atoms with E-state index >= 15 is 0 Å². The molecule has 0 bridgehead atoms. The first-order valence-electron chi connectivity index (χ1n) is 17.6. The van der Waals surface area contributed by atoms with Gasteiger partial charge in [-0.05, 0) is 93.4 Å². The molecule has 3 heteroatoms. The molecule has 0 aliphatic carbocycles. The van der Waals surface area contributed by atoms with Crippen molar-refractivity contribution in [3.63, 3.8) is 0 Å². The summed E-state index contributed by atoms with van der Waals surface area (Å²) in [7, 11) is 2.38. The standard InChI is InChI=1S/C48H30BN2/c1-3-14-31(15-4-1)32-16-13-19-35(28-32)50-43-24-11-8-21-37(43)40-29-33(26-27-45(40)50)39-30-41-36-20-7-10-23-42(36)49-47(41)48-46(39)38-22-9-12-25-44(38)51(48)34-17-5-2-6-18-34/h1-30H. The van der Waals surface area contributed by atoms with Gasteiger partial charge in [0.05, 0.1) is 16.6 Å². The Kier molecular flexibility index (Phi) is 6.08. The lowest BCUT2D eigenvalue weighted by Crippen LogP contribution is -2.23. The first-order chi connectivity index (χ1) is 25.3. The molecule has 1 aliphatic heterocycles. The maximum Gasteiger partial charge on any atom is 0.195 e. The molecule has 0 amide bonds. The molecule has 1 aliphatic rings. The molecule has 0 saturated carbocycles. The molecule has 235 valence electrons. The van der Waals surface area contributed by atoms with Crippen LogP contribution in [0.1, 0.15) is 0 Å². The molecule has 0 spiro atoms. The van der Waals surface area contributed by atoms with Crippen LogP contribution in [0.4, 0.5) is 0 Å². The van der Waals surface area contributed by atoms with Crippen molar-refractivity contribution in [3.8, 4) is 44.8 Å². The van der Waals surface area contributed by atoms with Gasteiger partial charge >= 0.3 is 0 Å². The fourth-order valence-electron chi connectivity index (χ4n) is 8.53. The molecule has 2 aromatic heterocycles. The molecular weight excluding hydrogens is 615 g/mol. The van der Waals surface area contributed by atoms with Gasteiger partial charge in [-0.1, -0.05) is 133 Å². The van der Waals surface area contributed by atoms with Gasteiger partial charge in [0.1, 0.15) is 0 Å². The van der Waals surface area contributed by atoms with Crippen LogP contribution < -0.4 is 10.9 Å². The van der Waals surface area contributed by atoms with Crippen LogP contribution in [-0.2, 0) is 0 Å². The molecule has 0 unspecified atom stereocenters. The van der Waals surface area contributed by atoms with E-state index in [1.54, 1.807) is 0 Å². The highest BCUT2D eigenvalue weighted by molar-refractivity contribution is 6.76. The van der Waals surface area contributed by atoms with Crippen molar-refractivity contribution < 1.29 is 0 Å². The van der Waals surface area contributed by atoms with E-state index in [9.17, 15) is 0 Å². The molecule has 0 atom stereocenters. The van der Waals surface area contributed by atoms with Gasteiger partial charge in [0.25, 0.3) is 0 Å². The quantitative estimate of drug-likeness (QED) is 0.169. The van der Waals surface area contributed by atoms with Crippen LogP contribution in [0.3, 0.4) is 0 Å². The minimum absolute atomic E-state index is 1.16. The molecule has 0 saturated heterocycles. The predicted molar refractivity (Wildman–Crippen MR) is 216 cm³/mol. The van der Waals surface area contributed by atoms with E-state index in [1.807, 2.05) is 0 Å². The lowest BCUT2D eigenvalue weighted by Gasteiger charge is -2.15. The minimum Gasteiger partial charge on any atom is -0.310 e.